The predicted molar refractivity (Wildman–Crippen MR) is 130 cm³/mol. The third-order valence-electron chi connectivity index (χ3n) is 6.20. The molecule has 0 unspecified atom stereocenters. The summed E-state index contributed by atoms with van der Waals surface area (Å²) in [7, 11) is 1.53. The zero-order valence-corrected chi connectivity index (χ0v) is 20.1. The van der Waals surface area contributed by atoms with Crippen LogP contribution in [-0.2, 0) is 0 Å². The van der Waals surface area contributed by atoms with Gasteiger partial charge in [0.2, 0.25) is 0 Å². The van der Waals surface area contributed by atoms with Gasteiger partial charge in [-0.2, -0.15) is 28.4 Å². The number of benzene rings is 2. The SMILES string of the molecule is COc1ccc(-c2cc(C(=O)N3N=C(C)C[C@]3(O)C(F)(F)F)c3c(C)nn(-c4ccccc4)c3n2)cc1. The topological polar surface area (TPSA) is 92.8 Å². The Labute approximate surface area is 209 Å². The van der Waals surface area contributed by atoms with Gasteiger partial charge >= 0.3 is 6.18 Å². The van der Waals surface area contributed by atoms with E-state index in [4.69, 9.17) is 9.72 Å². The van der Waals surface area contributed by atoms with Gasteiger partial charge in [-0.1, -0.05) is 18.2 Å². The van der Waals surface area contributed by atoms with Gasteiger partial charge in [0.05, 0.1) is 35.1 Å². The van der Waals surface area contributed by atoms with Gasteiger partial charge in [0, 0.05) is 17.7 Å². The van der Waals surface area contributed by atoms with Crippen molar-refractivity contribution in [2.75, 3.05) is 7.11 Å². The normalized spacial score (nSPS) is 17.8. The molecule has 3 heterocycles. The van der Waals surface area contributed by atoms with Crippen molar-refractivity contribution < 1.29 is 27.8 Å². The van der Waals surface area contributed by atoms with Crippen LogP contribution in [0.25, 0.3) is 28.0 Å². The monoisotopic (exact) mass is 509 g/mol. The second kappa shape index (κ2) is 8.70. The van der Waals surface area contributed by atoms with Crippen LogP contribution < -0.4 is 4.74 Å². The Morgan fingerprint density at radius 2 is 1.76 bits per heavy atom. The second-order valence-electron chi connectivity index (χ2n) is 8.76. The van der Waals surface area contributed by atoms with Crippen LogP contribution in [0.2, 0.25) is 0 Å². The van der Waals surface area contributed by atoms with Gasteiger partial charge in [0.25, 0.3) is 11.6 Å². The van der Waals surface area contributed by atoms with Crippen molar-refractivity contribution in [1.29, 1.82) is 0 Å². The Balaban J connectivity index is 1.76. The fourth-order valence-electron chi connectivity index (χ4n) is 4.38. The van der Waals surface area contributed by atoms with Crippen molar-refractivity contribution in [3.63, 3.8) is 0 Å². The first-order valence-corrected chi connectivity index (χ1v) is 11.3. The average Bonchev–Trinajstić information content (AvgIpc) is 3.39. The number of ether oxygens (including phenoxy) is 1. The number of amides is 1. The van der Waals surface area contributed by atoms with Crippen LogP contribution >= 0.6 is 0 Å². The molecule has 0 saturated heterocycles. The highest BCUT2D eigenvalue weighted by Crippen LogP contribution is 2.42. The molecule has 1 aliphatic rings. The molecule has 0 fully saturated rings. The maximum absolute atomic E-state index is 13.9. The van der Waals surface area contributed by atoms with E-state index in [0.717, 1.165) is 0 Å². The minimum Gasteiger partial charge on any atom is -0.497 e. The molecule has 5 rings (SSSR count). The quantitative estimate of drug-likeness (QED) is 0.424. The maximum Gasteiger partial charge on any atom is 0.438 e. The van der Waals surface area contributed by atoms with Crippen molar-refractivity contribution in [2.24, 2.45) is 5.10 Å². The molecule has 11 heteroatoms. The van der Waals surface area contributed by atoms with E-state index in [0.29, 0.717) is 28.4 Å². The van der Waals surface area contributed by atoms with E-state index in [1.807, 2.05) is 18.2 Å². The maximum atomic E-state index is 13.9. The Hall–Kier alpha value is -4.25. The summed E-state index contributed by atoms with van der Waals surface area (Å²) >= 11 is 0. The van der Waals surface area contributed by atoms with Gasteiger partial charge in [-0.3, -0.25) is 4.79 Å². The van der Waals surface area contributed by atoms with Crippen molar-refractivity contribution in [3.8, 4) is 22.7 Å². The summed E-state index contributed by atoms with van der Waals surface area (Å²) in [4.78, 5) is 18.5. The molecule has 1 amide bonds. The zero-order valence-electron chi connectivity index (χ0n) is 20.1. The van der Waals surface area contributed by atoms with E-state index in [1.54, 1.807) is 43.3 Å². The summed E-state index contributed by atoms with van der Waals surface area (Å²) in [6, 6.07) is 17.3. The molecule has 190 valence electrons. The minimum atomic E-state index is -5.13. The standard InChI is InChI=1S/C26H22F3N5O3/c1-15-14-25(36,26(27,28)29)34(31-15)24(35)20-13-21(17-9-11-19(37-3)12-10-17)30-23-22(20)16(2)32-33(23)18-7-5-4-6-8-18/h4-13,36H,14H2,1-3H3/t25-/m0/s1. The molecule has 8 nitrogen and oxygen atoms in total. The smallest absolute Gasteiger partial charge is 0.438 e. The molecule has 1 atom stereocenters. The van der Waals surface area contributed by atoms with Crippen molar-refractivity contribution in [1.82, 2.24) is 19.8 Å². The average molecular weight is 509 g/mol. The number of methoxy groups -OCH3 is 1. The number of aromatic nitrogens is 3. The number of pyridine rings is 1. The summed E-state index contributed by atoms with van der Waals surface area (Å²) < 4.78 is 48.5. The largest absolute Gasteiger partial charge is 0.497 e. The van der Waals surface area contributed by atoms with Gasteiger partial charge in [0.15, 0.2) is 5.65 Å². The molecule has 0 radical (unpaired) electrons. The highest BCUT2D eigenvalue weighted by Gasteiger charge is 2.63. The van der Waals surface area contributed by atoms with Crippen LogP contribution in [0, 0.1) is 6.92 Å². The number of nitrogens with zero attached hydrogens (tertiary/aromatic N) is 5. The van der Waals surface area contributed by atoms with Crippen LogP contribution in [0.15, 0.2) is 65.8 Å². The first-order chi connectivity index (χ1) is 17.5. The number of halogens is 3. The molecule has 0 spiro atoms. The van der Waals surface area contributed by atoms with E-state index in [9.17, 15) is 23.1 Å². The minimum absolute atomic E-state index is 0.0226. The summed E-state index contributed by atoms with van der Waals surface area (Å²) in [5.74, 6) is -0.516. The van der Waals surface area contributed by atoms with Crippen molar-refractivity contribution in [3.05, 3.63) is 71.9 Å². The first-order valence-electron chi connectivity index (χ1n) is 11.3. The molecule has 0 saturated carbocycles. The Morgan fingerprint density at radius 1 is 1.08 bits per heavy atom. The fraction of sp³-hybridized carbons (Fsp3) is 0.231. The van der Waals surface area contributed by atoms with Gasteiger partial charge in [-0.25, -0.2) is 9.67 Å². The summed E-state index contributed by atoms with van der Waals surface area (Å²) in [5.41, 5.74) is -1.37. The molecular weight excluding hydrogens is 487 g/mol. The summed E-state index contributed by atoms with van der Waals surface area (Å²) in [6.07, 6.45) is -5.97. The number of alkyl halides is 3. The van der Waals surface area contributed by atoms with E-state index in [2.05, 4.69) is 10.2 Å². The Bertz CT molecular complexity index is 1530. The molecular formula is C26H22F3N5O3. The lowest BCUT2D eigenvalue weighted by Crippen LogP contribution is -2.56. The number of carbonyl (C=O) groups is 1. The van der Waals surface area contributed by atoms with Crippen molar-refractivity contribution in [2.45, 2.75) is 32.2 Å². The number of para-hydroxylation sites is 1. The number of hydrogen-bond donors (Lipinski definition) is 1. The van der Waals surface area contributed by atoms with Gasteiger partial charge < -0.3 is 9.84 Å². The second-order valence-corrected chi connectivity index (χ2v) is 8.76. The number of aryl methyl sites for hydroxylation is 1. The number of rotatable bonds is 4. The molecule has 37 heavy (non-hydrogen) atoms. The van der Waals surface area contributed by atoms with Crippen LogP contribution in [-0.4, -0.2) is 55.5 Å². The Kier molecular flexibility index (Phi) is 5.75. The van der Waals surface area contributed by atoms with Gasteiger partial charge in [0.1, 0.15) is 5.75 Å². The Morgan fingerprint density at radius 3 is 2.38 bits per heavy atom. The van der Waals surface area contributed by atoms with Crippen LogP contribution in [0.5, 0.6) is 5.75 Å². The molecule has 1 aliphatic heterocycles. The van der Waals surface area contributed by atoms with Crippen LogP contribution in [0.4, 0.5) is 13.2 Å². The molecule has 2 aromatic carbocycles. The number of carbonyl (C=O) groups excluding carboxylic acids is 1. The molecule has 0 bridgehead atoms. The van der Waals surface area contributed by atoms with E-state index in [-0.39, 0.29) is 27.3 Å². The highest BCUT2D eigenvalue weighted by atomic mass is 19.4. The molecule has 1 N–H and O–H groups in total. The van der Waals surface area contributed by atoms with E-state index < -0.39 is 24.2 Å². The lowest BCUT2D eigenvalue weighted by Gasteiger charge is -2.32. The third kappa shape index (κ3) is 4.01. The number of aliphatic hydroxyl groups is 1. The lowest BCUT2D eigenvalue weighted by molar-refractivity contribution is -0.297. The van der Waals surface area contributed by atoms with Crippen LogP contribution in [0.1, 0.15) is 29.4 Å². The number of fused-ring (bicyclic) bond motifs is 1. The molecule has 0 aliphatic carbocycles. The number of hydrogen-bond acceptors (Lipinski definition) is 6. The molecule has 4 aromatic rings. The molecule has 2 aromatic heterocycles. The van der Waals surface area contributed by atoms with E-state index >= 15 is 0 Å². The fourth-order valence-corrected chi connectivity index (χ4v) is 4.38. The van der Waals surface area contributed by atoms with Gasteiger partial charge in [-0.05, 0) is 56.3 Å². The lowest BCUT2D eigenvalue weighted by atomic mass is 10.0. The highest BCUT2D eigenvalue weighted by molar-refractivity contribution is 6.09. The zero-order chi connectivity index (χ0) is 26.5. The summed E-state index contributed by atoms with van der Waals surface area (Å²) in [5, 5.41) is 19.3. The predicted octanol–water partition coefficient (Wildman–Crippen LogP) is 4.88. The summed E-state index contributed by atoms with van der Waals surface area (Å²) in [6.45, 7) is 2.97. The third-order valence-corrected chi connectivity index (χ3v) is 6.20. The van der Waals surface area contributed by atoms with Gasteiger partial charge in [-0.15, -0.1) is 0 Å². The number of hydrazone groups is 1. The van der Waals surface area contributed by atoms with Crippen LogP contribution in [0.3, 0.4) is 0 Å². The van der Waals surface area contributed by atoms with E-state index in [1.165, 1.54) is 24.8 Å². The first kappa shape index (κ1) is 24.4. The van der Waals surface area contributed by atoms with Crippen molar-refractivity contribution >= 4 is 22.7 Å².